The molecule has 0 unspecified atom stereocenters. The predicted octanol–water partition coefficient (Wildman–Crippen LogP) is 3.14. The van der Waals surface area contributed by atoms with Crippen molar-refractivity contribution in [2.45, 2.75) is 0 Å². The predicted molar refractivity (Wildman–Crippen MR) is 57.2 cm³/mol. The fraction of sp³-hybridized carbons (Fsp3) is 0. The number of non-ortho nitro benzene ring substituents is 1. The van der Waals surface area contributed by atoms with Crippen molar-refractivity contribution in [3.63, 3.8) is 0 Å². The van der Waals surface area contributed by atoms with Crippen molar-refractivity contribution >= 4 is 34.7 Å². The lowest BCUT2D eigenvalue weighted by molar-refractivity contribution is -0.384. The van der Waals surface area contributed by atoms with E-state index in [2.05, 4.69) is 18.3 Å². The standard InChI is InChI=1S/C9H7ClN2O2/c1-6(10)8-5-7(12(13)14)3-4-9(8)11-2/h3-5H,1-2H2. The molecule has 1 aromatic carbocycles. The van der Waals surface area contributed by atoms with Crippen LogP contribution in [0.3, 0.4) is 0 Å². The zero-order chi connectivity index (χ0) is 10.7. The number of hydrogen-bond acceptors (Lipinski definition) is 3. The van der Waals surface area contributed by atoms with E-state index in [0.29, 0.717) is 11.3 Å². The highest BCUT2D eigenvalue weighted by atomic mass is 35.5. The van der Waals surface area contributed by atoms with Gasteiger partial charge < -0.3 is 0 Å². The molecular formula is C9H7ClN2O2. The van der Waals surface area contributed by atoms with E-state index in [4.69, 9.17) is 11.6 Å². The van der Waals surface area contributed by atoms with Crippen molar-refractivity contribution in [2.75, 3.05) is 0 Å². The molecule has 0 atom stereocenters. The molecule has 0 radical (unpaired) electrons. The molecule has 14 heavy (non-hydrogen) atoms. The maximum Gasteiger partial charge on any atom is 0.270 e. The Labute approximate surface area is 85.7 Å². The molecule has 0 fully saturated rings. The molecule has 1 aromatic rings. The van der Waals surface area contributed by atoms with Gasteiger partial charge >= 0.3 is 0 Å². The van der Waals surface area contributed by atoms with Gasteiger partial charge in [-0.1, -0.05) is 18.2 Å². The van der Waals surface area contributed by atoms with Gasteiger partial charge in [0.05, 0.1) is 10.6 Å². The Balaban J connectivity index is 3.34. The number of nitro groups is 1. The first-order valence-electron chi connectivity index (χ1n) is 3.66. The van der Waals surface area contributed by atoms with Crippen LogP contribution in [0.4, 0.5) is 11.4 Å². The first-order chi connectivity index (χ1) is 6.56. The number of halogens is 1. The monoisotopic (exact) mass is 210 g/mol. The average Bonchev–Trinajstić information content (AvgIpc) is 2.16. The average molecular weight is 211 g/mol. The molecule has 0 aliphatic rings. The van der Waals surface area contributed by atoms with Crippen LogP contribution in [0.5, 0.6) is 0 Å². The van der Waals surface area contributed by atoms with E-state index in [0.717, 1.165) is 0 Å². The molecule has 0 bridgehead atoms. The van der Waals surface area contributed by atoms with Gasteiger partial charge in [0.1, 0.15) is 0 Å². The van der Waals surface area contributed by atoms with E-state index in [1.807, 2.05) is 0 Å². The second kappa shape index (κ2) is 4.02. The van der Waals surface area contributed by atoms with Gasteiger partial charge in [0.15, 0.2) is 0 Å². The molecule has 0 spiro atoms. The normalized spacial score (nSPS) is 9.50. The fourth-order valence-electron chi connectivity index (χ4n) is 0.993. The van der Waals surface area contributed by atoms with Gasteiger partial charge in [0.2, 0.25) is 0 Å². The molecule has 0 amide bonds. The molecule has 72 valence electrons. The lowest BCUT2D eigenvalue weighted by Gasteiger charge is -2.02. The topological polar surface area (TPSA) is 55.5 Å². The number of benzene rings is 1. The number of nitrogens with zero attached hydrogens (tertiary/aromatic N) is 2. The van der Waals surface area contributed by atoms with Crippen LogP contribution in [0.2, 0.25) is 0 Å². The second-order valence-electron chi connectivity index (χ2n) is 2.52. The third-order valence-corrected chi connectivity index (χ3v) is 1.86. The Bertz CT molecular complexity index is 415. The van der Waals surface area contributed by atoms with Gasteiger partial charge in [-0.25, -0.2) is 0 Å². The van der Waals surface area contributed by atoms with Crippen LogP contribution in [-0.4, -0.2) is 11.6 Å². The van der Waals surface area contributed by atoms with Crippen LogP contribution >= 0.6 is 11.6 Å². The molecule has 0 saturated heterocycles. The number of aliphatic imine (C=N–C) groups is 1. The van der Waals surface area contributed by atoms with Gasteiger partial charge in [-0.3, -0.25) is 15.1 Å². The second-order valence-corrected chi connectivity index (χ2v) is 2.98. The lowest BCUT2D eigenvalue weighted by atomic mass is 10.1. The highest BCUT2D eigenvalue weighted by Gasteiger charge is 2.10. The molecule has 0 aromatic heterocycles. The Morgan fingerprint density at radius 2 is 2.21 bits per heavy atom. The highest BCUT2D eigenvalue weighted by molar-refractivity contribution is 6.48. The van der Waals surface area contributed by atoms with E-state index in [1.54, 1.807) is 0 Å². The molecule has 0 aliphatic heterocycles. The largest absolute Gasteiger partial charge is 0.270 e. The van der Waals surface area contributed by atoms with Crippen molar-refractivity contribution in [3.05, 3.63) is 40.5 Å². The zero-order valence-corrected chi connectivity index (χ0v) is 7.99. The van der Waals surface area contributed by atoms with Crippen LogP contribution in [-0.2, 0) is 0 Å². The first-order valence-corrected chi connectivity index (χ1v) is 4.04. The first kappa shape index (κ1) is 10.4. The summed E-state index contributed by atoms with van der Waals surface area (Å²) in [5, 5.41) is 10.7. The summed E-state index contributed by atoms with van der Waals surface area (Å²) in [5.74, 6) is 0. The van der Waals surface area contributed by atoms with Gasteiger partial charge in [-0.2, -0.15) is 0 Å². The lowest BCUT2D eigenvalue weighted by Crippen LogP contribution is -1.89. The van der Waals surface area contributed by atoms with Crippen LogP contribution in [0, 0.1) is 10.1 Å². The number of nitro benzene ring substituents is 1. The molecular weight excluding hydrogens is 204 g/mol. The van der Waals surface area contributed by atoms with Gasteiger partial charge in [-0.05, 0) is 12.8 Å². The molecule has 0 aliphatic carbocycles. The van der Waals surface area contributed by atoms with Crippen molar-refractivity contribution in [1.29, 1.82) is 0 Å². The van der Waals surface area contributed by atoms with Crippen molar-refractivity contribution in [3.8, 4) is 0 Å². The molecule has 1 rings (SSSR count). The summed E-state index contributed by atoms with van der Waals surface area (Å²) in [6, 6.07) is 4.14. The number of hydrogen-bond donors (Lipinski definition) is 0. The summed E-state index contributed by atoms with van der Waals surface area (Å²) in [6.07, 6.45) is 0. The maximum absolute atomic E-state index is 10.5. The SMILES string of the molecule is C=Nc1ccc([N+](=O)[O-])cc1C(=C)Cl. The quantitative estimate of drug-likeness (QED) is 0.437. The summed E-state index contributed by atoms with van der Waals surface area (Å²) < 4.78 is 0. The minimum atomic E-state index is -0.504. The molecule has 5 heteroatoms. The Kier molecular flexibility index (Phi) is 2.99. The summed E-state index contributed by atoms with van der Waals surface area (Å²) in [5.41, 5.74) is 0.862. The summed E-state index contributed by atoms with van der Waals surface area (Å²) in [7, 11) is 0. The van der Waals surface area contributed by atoms with Crippen molar-refractivity contribution < 1.29 is 4.92 Å². The Morgan fingerprint density at radius 1 is 1.57 bits per heavy atom. The zero-order valence-electron chi connectivity index (χ0n) is 7.24. The van der Waals surface area contributed by atoms with Crippen LogP contribution in [0.15, 0.2) is 29.8 Å². The minimum absolute atomic E-state index is 0.0470. The summed E-state index contributed by atoms with van der Waals surface area (Å²) in [4.78, 5) is 13.6. The van der Waals surface area contributed by atoms with Crippen LogP contribution < -0.4 is 0 Å². The summed E-state index contributed by atoms with van der Waals surface area (Å²) in [6.45, 7) is 6.82. The van der Waals surface area contributed by atoms with E-state index >= 15 is 0 Å². The van der Waals surface area contributed by atoms with E-state index in [-0.39, 0.29) is 10.7 Å². The van der Waals surface area contributed by atoms with E-state index < -0.39 is 4.92 Å². The van der Waals surface area contributed by atoms with Gasteiger partial charge in [0, 0.05) is 22.7 Å². The van der Waals surface area contributed by atoms with Crippen LogP contribution in [0.1, 0.15) is 5.56 Å². The van der Waals surface area contributed by atoms with E-state index in [9.17, 15) is 10.1 Å². The fourth-order valence-corrected chi connectivity index (χ4v) is 1.14. The molecule has 0 heterocycles. The summed E-state index contributed by atoms with van der Waals surface area (Å²) >= 11 is 5.66. The Hall–Kier alpha value is -1.68. The van der Waals surface area contributed by atoms with Crippen molar-refractivity contribution in [2.24, 2.45) is 4.99 Å². The van der Waals surface area contributed by atoms with Crippen LogP contribution in [0.25, 0.3) is 5.03 Å². The number of rotatable bonds is 3. The minimum Gasteiger partial charge on any atom is -0.264 e. The van der Waals surface area contributed by atoms with Gasteiger partial charge in [-0.15, -0.1) is 0 Å². The molecule has 0 saturated carbocycles. The maximum atomic E-state index is 10.5. The van der Waals surface area contributed by atoms with Crippen molar-refractivity contribution in [1.82, 2.24) is 0 Å². The third-order valence-electron chi connectivity index (χ3n) is 1.65. The smallest absolute Gasteiger partial charge is 0.264 e. The molecule has 0 N–H and O–H groups in total. The van der Waals surface area contributed by atoms with E-state index in [1.165, 1.54) is 18.2 Å². The third kappa shape index (κ3) is 1.97. The highest BCUT2D eigenvalue weighted by Crippen LogP contribution is 2.30. The molecule has 4 nitrogen and oxygen atoms in total. The van der Waals surface area contributed by atoms with Gasteiger partial charge in [0.25, 0.3) is 5.69 Å². The Morgan fingerprint density at radius 3 is 2.64 bits per heavy atom.